The van der Waals surface area contributed by atoms with Gasteiger partial charge in [-0.1, -0.05) is 48.5 Å². The minimum absolute atomic E-state index is 0.0181. The van der Waals surface area contributed by atoms with Crippen LogP contribution in [-0.4, -0.2) is 11.4 Å². The largest absolute Gasteiger partial charge is 0.347 e. The van der Waals surface area contributed by atoms with Crippen molar-refractivity contribution in [2.24, 2.45) is 0 Å². The molecule has 0 aliphatic heterocycles. The third kappa shape index (κ3) is 2.22. The first-order valence-electron chi connectivity index (χ1n) is 7.93. The lowest BCUT2D eigenvalue weighted by Crippen LogP contribution is -2.40. The number of hydrogen-bond donors (Lipinski definition) is 1. The van der Waals surface area contributed by atoms with Crippen molar-refractivity contribution in [3.63, 3.8) is 0 Å². The summed E-state index contributed by atoms with van der Waals surface area (Å²) in [5, 5.41) is 10.1. The molecule has 1 N–H and O–H groups in total. The van der Waals surface area contributed by atoms with Gasteiger partial charge < -0.3 is 5.32 Å². The van der Waals surface area contributed by atoms with Gasteiger partial charge in [-0.2, -0.15) is 0 Å². The third-order valence-electron chi connectivity index (χ3n) is 4.26. The summed E-state index contributed by atoms with van der Waals surface area (Å²) in [6.07, 6.45) is 0. The highest BCUT2D eigenvalue weighted by Gasteiger charge is 2.19. The quantitative estimate of drug-likeness (QED) is 0.486. The fraction of sp³-hybridized carbons (Fsp3) is 0.190. The van der Waals surface area contributed by atoms with E-state index in [1.54, 1.807) is 0 Å². The second kappa shape index (κ2) is 4.69. The Bertz CT molecular complexity index is 1020. The average Bonchev–Trinajstić information content (AvgIpc) is 2.50. The summed E-state index contributed by atoms with van der Waals surface area (Å²) in [5.41, 5.74) is 0.492. The molecule has 0 saturated carbocycles. The zero-order chi connectivity index (χ0) is 16.2. The van der Waals surface area contributed by atoms with Gasteiger partial charge in [0.2, 0.25) is 0 Å². The van der Waals surface area contributed by atoms with Gasteiger partial charge in [0, 0.05) is 11.1 Å². The molecule has 0 spiro atoms. The van der Waals surface area contributed by atoms with E-state index in [2.05, 4.69) is 47.8 Å². The fourth-order valence-electron chi connectivity index (χ4n) is 3.34. The maximum atomic E-state index is 12.7. The molecule has 0 bridgehead atoms. The Labute approximate surface area is 135 Å². The fourth-order valence-corrected chi connectivity index (χ4v) is 3.34. The second-order valence-corrected chi connectivity index (χ2v) is 7.17. The van der Waals surface area contributed by atoms with Crippen LogP contribution in [0.4, 0.5) is 0 Å². The highest BCUT2D eigenvalue weighted by Crippen LogP contribution is 2.35. The predicted molar refractivity (Wildman–Crippen MR) is 97.4 cm³/mol. The first-order chi connectivity index (χ1) is 10.9. The molecular weight excluding hydrogens is 282 g/mol. The van der Waals surface area contributed by atoms with E-state index in [1.807, 2.05) is 32.9 Å². The van der Waals surface area contributed by atoms with Crippen LogP contribution < -0.4 is 5.32 Å². The van der Waals surface area contributed by atoms with Gasteiger partial charge >= 0.3 is 0 Å². The molecule has 0 aromatic heterocycles. The van der Waals surface area contributed by atoms with Crippen LogP contribution in [0.2, 0.25) is 0 Å². The first kappa shape index (κ1) is 14.0. The normalized spacial score (nSPS) is 12.3. The molecule has 2 heteroatoms. The Morgan fingerprint density at radius 1 is 0.783 bits per heavy atom. The summed E-state index contributed by atoms with van der Waals surface area (Å²) in [6, 6.07) is 18.8. The molecule has 4 aromatic carbocycles. The standard InChI is InChI=1S/C21H19NO/c1-21(2,3)22-20(23)17-12-10-15-8-7-13-5-4-6-14-9-11-16(17)19(15)18(13)14/h4-12H,1-3H3,(H,22,23). The summed E-state index contributed by atoms with van der Waals surface area (Å²) in [7, 11) is 0. The number of carbonyl (C=O) groups excluding carboxylic acids is 1. The zero-order valence-electron chi connectivity index (χ0n) is 13.6. The number of hydrogen-bond acceptors (Lipinski definition) is 1. The molecule has 0 aliphatic rings. The van der Waals surface area contributed by atoms with Gasteiger partial charge in [0.25, 0.3) is 5.91 Å². The lowest BCUT2D eigenvalue weighted by molar-refractivity contribution is 0.0921. The zero-order valence-corrected chi connectivity index (χ0v) is 13.6. The van der Waals surface area contributed by atoms with Gasteiger partial charge in [-0.25, -0.2) is 0 Å². The molecule has 4 rings (SSSR count). The number of nitrogens with one attached hydrogen (secondary N) is 1. The highest BCUT2D eigenvalue weighted by atomic mass is 16.1. The molecule has 114 valence electrons. The van der Waals surface area contributed by atoms with E-state index in [0.717, 1.165) is 10.9 Å². The topological polar surface area (TPSA) is 29.1 Å². The van der Waals surface area contributed by atoms with Crippen molar-refractivity contribution in [3.05, 3.63) is 60.2 Å². The van der Waals surface area contributed by atoms with Gasteiger partial charge in [-0.15, -0.1) is 0 Å². The van der Waals surface area contributed by atoms with Crippen molar-refractivity contribution < 1.29 is 4.79 Å². The molecule has 0 aliphatic carbocycles. The lowest BCUT2D eigenvalue weighted by Gasteiger charge is -2.21. The van der Waals surface area contributed by atoms with Crippen LogP contribution in [0.3, 0.4) is 0 Å². The molecule has 2 nitrogen and oxygen atoms in total. The van der Waals surface area contributed by atoms with E-state index >= 15 is 0 Å². The van der Waals surface area contributed by atoms with Crippen LogP contribution in [0.5, 0.6) is 0 Å². The minimum Gasteiger partial charge on any atom is -0.347 e. The van der Waals surface area contributed by atoms with E-state index in [-0.39, 0.29) is 11.4 Å². The molecule has 1 amide bonds. The van der Waals surface area contributed by atoms with Gasteiger partial charge in [0.1, 0.15) is 0 Å². The predicted octanol–water partition coefficient (Wildman–Crippen LogP) is 5.11. The number of amides is 1. The monoisotopic (exact) mass is 301 g/mol. The second-order valence-electron chi connectivity index (χ2n) is 7.17. The Balaban J connectivity index is 2.06. The summed E-state index contributed by atoms with van der Waals surface area (Å²) in [4.78, 5) is 12.7. The van der Waals surface area contributed by atoms with E-state index < -0.39 is 0 Å². The number of benzene rings is 4. The van der Waals surface area contributed by atoms with E-state index in [9.17, 15) is 4.79 Å². The van der Waals surface area contributed by atoms with Crippen molar-refractivity contribution in [3.8, 4) is 0 Å². The number of carbonyl (C=O) groups is 1. The molecule has 23 heavy (non-hydrogen) atoms. The smallest absolute Gasteiger partial charge is 0.252 e. The van der Waals surface area contributed by atoms with Crippen molar-refractivity contribution in [1.82, 2.24) is 5.32 Å². The molecular formula is C21H19NO. The Kier molecular flexibility index (Phi) is 2.86. The minimum atomic E-state index is -0.249. The maximum Gasteiger partial charge on any atom is 0.252 e. The SMILES string of the molecule is CC(C)(C)NC(=O)c1ccc2ccc3cccc4ccc1c2c34. The first-order valence-corrected chi connectivity index (χ1v) is 7.93. The summed E-state index contributed by atoms with van der Waals surface area (Å²) >= 11 is 0. The average molecular weight is 301 g/mol. The Hall–Kier alpha value is -2.61. The highest BCUT2D eigenvalue weighted by molar-refractivity contribution is 6.26. The van der Waals surface area contributed by atoms with Crippen molar-refractivity contribution in [2.75, 3.05) is 0 Å². The van der Waals surface area contributed by atoms with Crippen molar-refractivity contribution in [2.45, 2.75) is 26.3 Å². The molecule has 0 unspecified atom stereocenters. The van der Waals surface area contributed by atoms with E-state index in [0.29, 0.717) is 0 Å². The molecule has 0 atom stereocenters. The van der Waals surface area contributed by atoms with Gasteiger partial charge in [0.15, 0.2) is 0 Å². The van der Waals surface area contributed by atoms with Gasteiger partial charge in [-0.05, 0) is 59.2 Å². The van der Waals surface area contributed by atoms with Crippen LogP contribution in [0.1, 0.15) is 31.1 Å². The number of rotatable bonds is 1. The maximum absolute atomic E-state index is 12.7. The van der Waals surface area contributed by atoms with Crippen LogP contribution >= 0.6 is 0 Å². The summed E-state index contributed by atoms with van der Waals surface area (Å²) in [5.74, 6) is -0.0181. The molecule has 0 heterocycles. The van der Waals surface area contributed by atoms with Gasteiger partial charge in [0.05, 0.1) is 0 Å². The van der Waals surface area contributed by atoms with Crippen LogP contribution in [0.15, 0.2) is 54.6 Å². The van der Waals surface area contributed by atoms with Crippen LogP contribution in [0.25, 0.3) is 32.3 Å². The van der Waals surface area contributed by atoms with Gasteiger partial charge in [-0.3, -0.25) is 4.79 Å². The summed E-state index contributed by atoms with van der Waals surface area (Å²) < 4.78 is 0. The molecule has 0 fully saturated rings. The molecule has 0 saturated heterocycles. The van der Waals surface area contributed by atoms with Crippen LogP contribution in [-0.2, 0) is 0 Å². The van der Waals surface area contributed by atoms with E-state index in [1.165, 1.54) is 26.9 Å². The Morgan fingerprint density at radius 3 is 2.00 bits per heavy atom. The van der Waals surface area contributed by atoms with E-state index in [4.69, 9.17) is 0 Å². The molecule has 0 radical (unpaired) electrons. The van der Waals surface area contributed by atoms with Crippen LogP contribution in [0, 0.1) is 0 Å². The third-order valence-corrected chi connectivity index (χ3v) is 4.26. The lowest BCUT2D eigenvalue weighted by atomic mass is 9.91. The Morgan fingerprint density at radius 2 is 1.35 bits per heavy atom. The van der Waals surface area contributed by atoms with Crippen molar-refractivity contribution in [1.29, 1.82) is 0 Å². The van der Waals surface area contributed by atoms with Crippen molar-refractivity contribution >= 4 is 38.2 Å². The molecule has 4 aromatic rings. The summed E-state index contributed by atoms with van der Waals surface area (Å²) in [6.45, 7) is 6.00.